The van der Waals surface area contributed by atoms with Crippen LogP contribution in [-0.4, -0.2) is 18.5 Å². The number of nitrogens with one attached hydrogen (secondary N) is 1. The molecule has 2 heteroatoms. The van der Waals surface area contributed by atoms with Crippen molar-refractivity contribution in [2.75, 3.05) is 12.4 Å². The minimum absolute atomic E-state index is 0.610. The molecule has 0 aromatic carbocycles. The Hall–Kier alpha value is 0.250. The summed E-state index contributed by atoms with van der Waals surface area (Å²) in [5.74, 6) is 0.840. The van der Waals surface area contributed by atoms with E-state index in [-0.39, 0.29) is 0 Å². The summed E-state index contributed by atoms with van der Waals surface area (Å²) in [7, 11) is 0. The number of halogens is 1. The van der Waals surface area contributed by atoms with E-state index in [1.54, 1.807) is 0 Å². The molecule has 0 aromatic rings. The van der Waals surface area contributed by atoms with Gasteiger partial charge in [0, 0.05) is 18.5 Å². The van der Waals surface area contributed by atoms with E-state index in [4.69, 9.17) is 11.6 Å². The van der Waals surface area contributed by atoms with Gasteiger partial charge in [-0.1, -0.05) is 19.3 Å². The van der Waals surface area contributed by atoms with Gasteiger partial charge in [0.2, 0.25) is 0 Å². The number of alkyl halides is 1. The van der Waals surface area contributed by atoms with Crippen LogP contribution in [0.2, 0.25) is 0 Å². The molecule has 0 atom stereocenters. The van der Waals surface area contributed by atoms with Gasteiger partial charge in [0.15, 0.2) is 0 Å². The van der Waals surface area contributed by atoms with E-state index in [0.29, 0.717) is 5.41 Å². The minimum atomic E-state index is 0.610. The summed E-state index contributed by atoms with van der Waals surface area (Å²) in [5.41, 5.74) is 0.610. The molecule has 2 saturated carbocycles. The fraction of sp³-hybridized carbons (Fsp3) is 1.00. The molecule has 2 fully saturated rings. The van der Waals surface area contributed by atoms with Crippen LogP contribution >= 0.6 is 11.6 Å². The Balaban J connectivity index is 1.65. The van der Waals surface area contributed by atoms with Crippen LogP contribution in [-0.2, 0) is 0 Å². The fourth-order valence-corrected chi connectivity index (χ4v) is 2.96. The Morgan fingerprint density at radius 3 is 2.43 bits per heavy atom. The molecule has 0 bridgehead atoms. The second-order valence-electron chi connectivity index (χ2n) is 5.15. The molecule has 0 saturated heterocycles. The normalized spacial score (nSPS) is 26.4. The number of hydrogen-bond acceptors (Lipinski definition) is 1. The van der Waals surface area contributed by atoms with Crippen molar-refractivity contribution in [2.24, 2.45) is 5.41 Å². The lowest BCUT2D eigenvalue weighted by Gasteiger charge is -2.25. The van der Waals surface area contributed by atoms with Crippen LogP contribution in [0.1, 0.15) is 51.4 Å². The molecule has 1 N–H and O–H groups in total. The molecular formula is C12H22ClN. The van der Waals surface area contributed by atoms with E-state index in [1.807, 2.05) is 0 Å². The van der Waals surface area contributed by atoms with Crippen LogP contribution < -0.4 is 5.32 Å². The van der Waals surface area contributed by atoms with Gasteiger partial charge in [0.1, 0.15) is 0 Å². The summed E-state index contributed by atoms with van der Waals surface area (Å²) in [5, 5.41) is 3.75. The maximum atomic E-state index is 5.82. The molecule has 0 radical (unpaired) electrons. The van der Waals surface area contributed by atoms with Gasteiger partial charge in [-0.2, -0.15) is 0 Å². The van der Waals surface area contributed by atoms with E-state index in [9.17, 15) is 0 Å². The third-order valence-corrected chi connectivity index (χ3v) is 4.14. The molecule has 0 amide bonds. The summed E-state index contributed by atoms with van der Waals surface area (Å²) in [6.45, 7) is 1.23. The first-order valence-electron chi connectivity index (χ1n) is 6.14. The average Bonchev–Trinajstić information content (AvgIpc) is 2.98. The van der Waals surface area contributed by atoms with Crippen molar-refractivity contribution in [2.45, 2.75) is 57.4 Å². The predicted molar refractivity (Wildman–Crippen MR) is 61.9 cm³/mol. The Morgan fingerprint density at radius 1 is 1.14 bits per heavy atom. The maximum Gasteiger partial charge on any atom is 0.0229 e. The Bertz CT molecular complexity index is 171. The van der Waals surface area contributed by atoms with Crippen LogP contribution in [0.5, 0.6) is 0 Å². The van der Waals surface area contributed by atoms with Crippen molar-refractivity contribution in [3.05, 3.63) is 0 Å². The molecular weight excluding hydrogens is 194 g/mol. The molecule has 0 heterocycles. The van der Waals surface area contributed by atoms with Gasteiger partial charge in [-0.25, -0.2) is 0 Å². The van der Waals surface area contributed by atoms with Crippen molar-refractivity contribution in [3.8, 4) is 0 Å². The van der Waals surface area contributed by atoms with Crippen LogP contribution in [0.3, 0.4) is 0 Å². The van der Waals surface area contributed by atoms with Crippen LogP contribution in [0.25, 0.3) is 0 Å². The third kappa shape index (κ3) is 2.87. The van der Waals surface area contributed by atoms with Gasteiger partial charge in [-0.3, -0.25) is 0 Å². The highest BCUT2D eigenvalue weighted by molar-refractivity contribution is 6.17. The first-order chi connectivity index (χ1) is 6.85. The standard InChI is InChI=1S/C12H22ClN/c13-9-8-12(6-7-12)10-14-11-4-2-1-3-5-11/h11,14H,1-10H2. The lowest BCUT2D eigenvalue weighted by atomic mass is 9.94. The van der Waals surface area contributed by atoms with Crippen molar-refractivity contribution < 1.29 is 0 Å². The second-order valence-corrected chi connectivity index (χ2v) is 5.53. The Morgan fingerprint density at radius 2 is 1.86 bits per heavy atom. The SMILES string of the molecule is ClCCC1(CNC2CCCCC2)CC1. The smallest absolute Gasteiger partial charge is 0.0229 e. The van der Waals surface area contributed by atoms with E-state index in [2.05, 4.69) is 5.32 Å². The van der Waals surface area contributed by atoms with Crippen molar-refractivity contribution in [3.63, 3.8) is 0 Å². The molecule has 0 spiro atoms. The minimum Gasteiger partial charge on any atom is -0.313 e. The summed E-state index contributed by atoms with van der Waals surface area (Å²) >= 11 is 5.82. The predicted octanol–water partition coefficient (Wildman–Crippen LogP) is 3.32. The summed E-state index contributed by atoms with van der Waals surface area (Å²) in [4.78, 5) is 0. The molecule has 0 aliphatic heterocycles. The second kappa shape index (κ2) is 4.85. The molecule has 0 aromatic heterocycles. The van der Waals surface area contributed by atoms with Gasteiger partial charge >= 0.3 is 0 Å². The monoisotopic (exact) mass is 215 g/mol. The first kappa shape index (κ1) is 10.8. The fourth-order valence-electron chi connectivity index (χ4n) is 2.56. The lowest BCUT2D eigenvalue weighted by Crippen LogP contribution is -2.35. The molecule has 82 valence electrons. The number of rotatable bonds is 5. The Kier molecular flexibility index (Phi) is 3.73. The van der Waals surface area contributed by atoms with Crippen molar-refractivity contribution in [1.82, 2.24) is 5.32 Å². The lowest BCUT2D eigenvalue weighted by molar-refractivity contribution is 0.334. The maximum absolute atomic E-state index is 5.82. The van der Waals surface area contributed by atoms with E-state index < -0.39 is 0 Å². The number of hydrogen-bond donors (Lipinski definition) is 1. The quantitative estimate of drug-likeness (QED) is 0.694. The first-order valence-corrected chi connectivity index (χ1v) is 6.67. The zero-order valence-electron chi connectivity index (χ0n) is 9.03. The third-order valence-electron chi connectivity index (χ3n) is 3.95. The Labute approximate surface area is 92.6 Å². The van der Waals surface area contributed by atoms with Crippen LogP contribution in [0, 0.1) is 5.41 Å². The molecule has 1 nitrogen and oxygen atoms in total. The van der Waals surface area contributed by atoms with E-state index in [1.165, 1.54) is 57.9 Å². The molecule has 2 rings (SSSR count). The topological polar surface area (TPSA) is 12.0 Å². The van der Waals surface area contributed by atoms with Crippen LogP contribution in [0.4, 0.5) is 0 Å². The zero-order chi connectivity index (χ0) is 9.86. The van der Waals surface area contributed by atoms with E-state index >= 15 is 0 Å². The molecule has 2 aliphatic rings. The van der Waals surface area contributed by atoms with Gasteiger partial charge < -0.3 is 5.32 Å². The molecule has 2 aliphatic carbocycles. The highest BCUT2D eigenvalue weighted by Gasteiger charge is 2.41. The van der Waals surface area contributed by atoms with Crippen molar-refractivity contribution in [1.29, 1.82) is 0 Å². The van der Waals surface area contributed by atoms with Gasteiger partial charge in [-0.15, -0.1) is 11.6 Å². The molecule has 14 heavy (non-hydrogen) atoms. The van der Waals surface area contributed by atoms with Gasteiger partial charge in [0.05, 0.1) is 0 Å². The zero-order valence-corrected chi connectivity index (χ0v) is 9.78. The van der Waals surface area contributed by atoms with E-state index in [0.717, 1.165) is 11.9 Å². The van der Waals surface area contributed by atoms with Crippen LogP contribution in [0.15, 0.2) is 0 Å². The summed E-state index contributed by atoms with van der Waals surface area (Å²) in [6, 6.07) is 0.816. The van der Waals surface area contributed by atoms with Gasteiger partial charge in [-0.05, 0) is 37.5 Å². The average molecular weight is 216 g/mol. The highest BCUT2D eigenvalue weighted by atomic mass is 35.5. The summed E-state index contributed by atoms with van der Waals surface area (Å²) in [6.07, 6.45) is 11.1. The van der Waals surface area contributed by atoms with Crippen molar-refractivity contribution >= 4 is 11.6 Å². The summed E-state index contributed by atoms with van der Waals surface area (Å²) < 4.78 is 0. The van der Waals surface area contributed by atoms with Gasteiger partial charge in [0.25, 0.3) is 0 Å². The highest BCUT2D eigenvalue weighted by Crippen LogP contribution is 2.48. The largest absolute Gasteiger partial charge is 0.313 e. The molecule has 0 unspecified atom stereocenters.